The van der Waals surface area contributed by atoms with Crippen molar-refractivity contribution in [2.24, 2.45) is 7.05 Å². The van der Waals surface area contributed by atoms with Gasteiger partial charge in [0.05, 0.1) is 11.0 Å². The van der Waals surface area contributed by atoms with Crippen molar-refractivity contribution in [2.75, 3.05) is 0 Å². The van der Waals surface area contributed by atoms with Crippen LogP contribution < -0.4 is 0 Å². The second-order valence-corrected chi connectivity index (χ2v) is 6.75. The van der Waals surface area contributed by atoms with E-state index >= 15 is 0 Å². The third-order valence-corrected chi connectivity index (χ3v) is 6.55. The van der Waals surface area contributed by atoms with E-state index in [0.717, 1.165) is 8.17 Å². The molecule has 0 fully saturated rings. The molecule has 2 heterocycles. The Morgan fingerprint density at radius 3 is 2.80 bits per heavy atom. The summed E-state index contributed by atoms with van der Waals surface area (Å²) in [5, 5.41) is 6.33. The summed E-state index contributed by atoms with van der Waals surface area (Å²) in [5.74, 6) is 0. The molecule has 2 aromatic rings. The lowest BCUT2D eigenvalue weighted by Gasteiger charge is -2.07. The summed E-state index contributed by atoms with van der Waals surface area (Å²) in [6.45, 7) is 0. The maximum Gasteiger partial charge on any atom is 0.103 e. The standard InChI is InChI=1S/C9H7Br2IN2S/c1-14-9(12)5(4-13-14)7(11)8-6(10)2-3-15-8/h2-4,7H,1H3. The van der Waals surface area contributed by atoms with Crippen LogP contribution in [0.4, 0.5) is 0 Å². The fraction of sp³-hybridized carbons (Fsp3) is 0.222. The van der Waals surface area contributed by atoms with Gasteiger partial charge in [-0.25, -0.2) is 0 Å². The van der Waals surface area contributed by atoms with Crippen molar-refractivity contribution < 1.29 is 0 Å². The largest absolute Gasteiger partial charge is 0.262 e. The van der Waals surface area contributed by atoms with Gasteiger partial charge in [-0.15, -0.1) is 11.3 Å². The van der Waals surface area contributed by atoms with Gasteiger partial charge in [0.1, 0.15) is 3.70 Å². The Morgan fingerprint density at radius 2 is 2.33 bits per heavy atom. The molecule has 0 amide bonds. The lowest BCUT2D eigenvalue weighted by molar-refractivity contribution is 0.746. The lowest BCUT2D eigenvalue weighted by atomic mass is 10.2. The van der Waals surface area contributed by atoms with Gasteiger partial charge in [0, 0.05) is 22.0 Å². The fourth-order valence-corrected chi connectivity index (χ4v) is 5.05. The smallest absolute Gasteiger partial charge is 0.103 e. The second-order valence-electron chi connectivity index (χ2n) is 3.01. The molecule has 0 aliphatic carbocycles. The molecule has 15 heavy (non-hydrogen) atoms. The van der Waals surface area contributed by atoms with Crippen molar-refractivity contribution in [2.45, 2.75) is 4.83 Å². The van der Waals surface area contributed by atoms with Crippen molar-refractivity contribution in [3.63, 3.8) is 0 Å². The molecule has 0 bridgehead atoms. The Balaban J connectivity index is 2.41. The highest BCUT2D eigenvalue weighted by molar-refractivity contribution is 14.1. The first-order chi connectivity index (χ1) is 7.11. The van der Waals surface area contributed by atoms with Crippen LogP contribution in [-0.4, -0.2) is 9.78 Å². The maximum atomic E-state index is 4.25. The molecule has 0 saturated heterocycles. The van der Waals surface area contributed by atoms with E-state index in [1.54, 1.807) is 11.3 Å². The molecule has 2 nitrogen and oxygen atoms in total. The summed E-state index contributed by atoms with van der Waals surface area (Å²) in [4.78, 5) is 1.49. The van der Waals surface area contributed by atoms with E-state index in [2.05, 4.69) is 71.0 Å². The first-order valence-corrected chi connectivity index (χ1v) is 7.82. The van der Waals surface area contributed by atoms with E-state index in [4.69, 9.17) is 0 Å². The summed E-state index contributed by atoms with van der Waals surface area (Å²) in [5.41, 5.74) is 1.21. The molecule has 0 spiro atoms. The molecule has 80 valence electrons. The van der Waals surface area contributed by atoms with Crippen LogP contribution in [0.3, 0.4) is 0 Å². The maximum absolute atomic E-state index is 4.25. The summed E-state index contributed by atoms with van der Waals surface area (Å²) in [6, 6.07) is 2.07. The number of hydrogen-bond donors (Lipinski definition) is 0. The van der Waals surface area contributed by atoms with Gasteiger partial charge in [0.25, 0.3) is 0 Å². The topological polar surface area (TPSA) is 17.8 Å². The van der Waals surface area contributed by atoms with Crippen LogP contribution in [0.15, 0.2) is 22.1 Å². The normalized spacial score (nSPS) is 13.1. The monoisotopic (exact) mass is 460 g/mol. The predicted molar refractivity (Wildman–Crippen MR) is 78.7 cm³/mol. The number of thiophene rings is 1. The van der Waals surface area contributed by atoms with Gasteiger partial charge in [0.15, 0.2) is 0 Å². The number of hydrogen-bond acceptors (Lipinski definition) is 2. The first kappa shape index (κ1) is 12.1. The third kappa shape index (κ3) is 2.32. The van der Waals surface area contributed by atoms with Crippen LogP contribution in [0.25, 0.3) is 0 Å². The second kappa shape index (κ2) is 4.85. The van der Waals surface area contributed by atoms with Gasteiger partial charge in [-0.3, -0.25) is 4.68 Å². The molecule has 0 N–H and O–H groups in total. The lowest BCUT2D eigenvalue weighted by Crippen LogP contribution is -1.96. The van der Waals surface area contributed by atoms with E-state index in [1.807, 2.05) is 17.9 Å². The molecule has 1 atom stereocenters. The van der Waals surface area contributed by atoms with Gasteiger partial charge in [-0.2, -0.15) is 5.10 Å². The molecule has 0 aliphatic heterocycles. The molecule has 0 aromatic carbocycles. The quantitative estimate of drug-likeness (QED) is 0.481. The van der Waals surface area contributed by atoms with Crippen LogP contribution >= 0.6 is 65.8 Å². The van der Waals surface area contributed by atoms with E-state index in [1.165, 1.54) is 10.4 Å². The number of halogens is 3. The van der Waals surface area contributed by atoms with Crippen molar-refractivity contribution >= 4 is 65.8 Å². The summed E-state index contributed by atoms with van der Waals surface area (Å²) < 4.78 is 4.19. The molecule has 0 saturated carbocycles. The molecule has 0 aliphatic rings. The average molecular weight is 462 g/mol. The summed E-state index contributed by atoms with van der Waals surface area (Å²) in [6.07, 6.45) is 1.91. The van der Waals surface area contributed by atoms with Crippen LogP contribution in [0.2, 0.25) is 0 Å². The zero-order valence-corrected chi connectivity index (χ0v) is 13.9. The molecule has 6 heteroatoms. The third-order valence-electron chi connectivity index (χ3n) is 2.04. The Hall–Kier alpha value is 0.600. The highest BCUT2D eigenvalue weighted by atomic mass is 127. The highest BCUT2D eigenvalue weighted by Crippen LogP contribution is 2.40. The molecular weight excluding hydrogens is 455 g/mol. The van der Waals surface area contributed by atoms with Crippen LogP contribution in [0, 0.1) is 3.70 Å². The predicted octanol–water partition coefficient (Wildman–Crippen LogP) is 4.33. The molecule has 0 radical (unpaired) electrons. The summed E-state index contributed by atoms with van der Waals surface area (Å²) >= 11 is 11.3. The number of aryl methyl sites for hydroxylation is 1. The highest BCUT2D eigenvalue weighted by Gasteiger charge is 2.19. The van der Waals surface area contributed by atoms with Crippen molar-refractivity contribution in [1.29, 1.82) is 0 Å². The van der Waals surface area contributed by atoms with E-state index in [9.17, 15) is 0 Å². The number of alkyl halides is 1. The van der Waals surface area contributed by atoms with Gasteiger partial charge >= 0.3 is 0 Å². The van der Waals surface area contributed by atoms with Crippen molar-refractivity contribution in [3.05, 3.63) is 36.3 Å². The first-order valence-electron chi connectivity index (χ1n) is 4.15. The number of rotatable bonds is 2. The van der Waals surface area contributed by atoms with Gasteiger partial charge in [-0.1, -0.05) is 15.9 Å². The minimum Gasteiger partial charge on any atom is -0.262 e. The van der Waals surface area contributed by atoms with Crippen LogP contribution in [0.1, 0.15) is 15.3 Å². The number of nitrogens with zero attached hydrogens (tertiary/aromatic N) is 2. The molecule has 2 rings (SSSR count). The van der Waals surface area contributed by atoms with E-state index < -0.39 is 0 Å². The van der Waals surface area contributed by atoms with E-state index in [-0.39, 0.29) is 4.83 Å². The average Bonchev–Trinajstić information content (AvgIpc) is 2.75. The molecular formula is C9H7Br2IN2S. The van der Waals surface area contributed by atoms with Crippen LogP contribution in [-0.2, 0) is 7.05 Å². The van der Waals surface area contributed by atoms with Crippen molar-refractivity contribution in [1.82, 2.24) is 9.78 Å². The van der Waals surface area contributed by atoms with Gasteiger partial charge < -0.3 is 0 Å². The van der Waals surface area contributed by atoms with Gasteiger partial charge in [-0.05, 0) is 50.0 Å². The Bertz CT molecular complexity index is 480. The van der Waals surface area contributed by atoms with Crippen LogP contribution in [0.5, 0.6) is 0 Å². The SMILES string of the molecule is Cn1ncc(C(Br)c2sccc2Br)c1I. The zero-order chi connectivity index (χ0) is 11.0. The Kier molecular flexibility index (Phi) is 3.90. The molecule has 1 unspecified atom stereocenters. The van der Waals surface area contributed by atoms with E-state index in [0.29, 0.717) is 0 Å². The Labute approximate surface area is 122 Å². The zero-order valence-electron chi connectivity index (χ0n) is 7.75. The summed E-state index contributed by atoms with van der Waals surface area (Å²) in [7, 11) is 1.95. The minimum atomic E-state index is 0.215. The van der Waals surface area contributed by atoms with Gasteiger partial charge in [0.2, 0.25) is 0 Å². The Morgan fingerprint density at radius 1 is 1.60 bits per heavy atom. The minimum absolute atomic E-state index is 0.215. The molecule has 2 aromatic heterocycles. The fourth-order valence-electron chi connectivity index (χ4n) is 1.24. The van der Waals surface area contributed by atoms with Crippen molar-refractivity contribution in [3.8, 4) is 0 Å². The number of aromatic nitrogens is 2.